The lowest BCUT2D eigenvalue weighted by Gasteiger charge is -2.10. The Balaban J connectivity index is 1.63. The van der Waals surface area contributed by atoms with Crippen molar-refractivity contribution in [2.24, 2.45) is 5.10 Å². The van der Waals surface area contributed by atoms with E-state index in [0.717, 1.165) is 39.2 Å². The number of hydrogen-bond donors (Lipinski definition) is 1. The van der Waals surface area contributed by atoms with Gasteiger partial charge in [0.15, 0.2) is 11.5 Å². The van der Waals surface area contributed by atoms with Crippen LogP contribution in [0.3, 0.4) is 0 Å². The van der Waals surface area contributed by atoms with Crippen LogP contribution >= 0.6 is 0 Å². The van der Waals surface area contributed by atoms with Crippen LogP contribution in [-0.2, 0) is 6.42 Å². The number of pyridine rings is 1. The first kappa shape index (κ1) is 21.5. The summed E-state index contributed by atoms with van der Waals surface area (Å²) in [5.74, 6) is 2.64. The van der Waals surface area contributed by atoms with Gasteiger partial charge in [-0.05, 0) is 60.5 Å². The standard InChI is InChI=1S/C28H25N3O3/c1-4-18-9-12-24-21(15-18)23(30-31-28-14-11-19-7-5-6-8-22(19)29-28)17-26(34-24)20-10-13-25(32-2)27(16-20)33-3/h5-17H,4H2,1-3H3,(H,29,31). The molecule has 170 valence electrons. The van der Waals surface area contributed by atoms with Crippen LogP contribution in [0.5, 0.6) is 11.5 Å². The second kappa shape index (κ2) is 9.27. The van der Waals surface area contributed by atoms with E-state index in [-0.39, 0.29) is 0 Å². The minimum absolute atomic E-state index is 0.633. The van der Waals surface area contributed by atoms with Gasteiger partial charge in [-0.3, -0.25) is 5.43 Å². The minimum Gasteiger partial charge on any atom is -0.493 e. The van der Waals surface area contributed by atoms with Gasteiger partial charge in [0.2, 0.25) is 0 Å². The number of fused-ring (bicyclic) bond motifs is 2. The molecule has 0 unspecified atom stereocenters. The Hall–Kier alpha value is -4.32. The molecule has 0 saturated heterocycles. The monoisotopic (exact) mass is 451 g/mol. The summed E-state index contributed by atoms with van der Waals surface area (Å²) in [5.41, 5.74) is 6.86. The van der Waals surface area contributed by atoms with Gasteiger partial charge in [-0.25, -0.2) is 4.98 Å². The summed E-state index contributed by atoms with van der Waals surface area (Å²) in [6.07, 6.45) is 0.923. The topological polar surface area (TPSA) is 68.9 Å². The molecule has 6 heteroatoms. The molecule has 0 spiro atoms. The zero-order valence-corrected chi connectivity index (χ0v) is 19.3. The van der Waals surface area contributed by atoms with Crippen molar-refractivity contribution in [1.82, 2.24) is 4.98 Å². The first-order chi connectivity index (χ1) is 16.7. The van der Waals surface area contributed by atoms with Crippen LogP contribution in [0, 0.1) is 0 Å². The smallest absolute Gasteiger partial charge is 0.161 e. The highest BCUT2D eigenvalue weighted by molar-refractivity contribution is 5.81. The molecule has 2 heterocycles. The van der Waals surface area contributed by atoms with Gasteiger partial charge in [0.25, 0.3) is 0 Å². The lowest BCUT2D eigenvalue weighted by Crippen LogP contribution is -2.08. The molecule has 2 aromatic heterocycles. The van der Waals surface area contributed by atoms with Crippen molar-refractivity contribution in [3.05, 3.63) is 89.8 Å². The Morgan fingerprint density at radius 2 is 1.74 bits per heavy atom. The molecule has 0 aliphatic carbocycles. The van der Waals surface area contributed by atoms with E-state index in [2.05, 4.69) is 29.5 Å². The number of aryl methyl sites for hydroxylation is 1. The number of anilines is 1. The molecule has 0 fully saturated rings. The van der Waals surface area contributed by atoms with E-state index in [0.29, 0.717) is 23.1 Å². The molecule has 0 aliphatic heterocycles. The number of hydrogen-bond acceptors (Lipinski definition) is 6. The van der Waals surface area contributed by atoms with E-state index < -0.39 is 0 Å². The lowest BCUT2D eigenvalue weighted by atomic mass is 10.1. The summed E-state index contributed by atoms with van der Waals surface area (Å²) >= 11 is 0. The predicted molar refractivity (Wildman–Crippen MR) is 135 cm³/mol. The number of para-hydroxylation sites is 1. The van der Waals surface area contributed by atoms with E-state index in [9.17, 15) is 0 Å². The number of aromatic nitrogens is 1. The number of benzene rings is 3. The molecule has 0 saturated carbocycles. The second-order valence-corrected chi connectivity index (χ2v) is 7.86. The van der Waals surface area contributed by atoms with Crippen molar-refractivity contribution >= 4 is 27.7 Å². The van der Waals surface area contributed by atoms with Gasteiger partial charge in [-0.1, -0.05) is 31.2 Å². The highest BCUT2D eigenvalue weighted by atomic mass is 16.5. The highest BCUT2D eigenvalue weighted by Gasteiger charge is 2.11. The van der Waals surface area contributed by atoms with Gasteiger partial charge in [0, 0.05) is 22.4 Å². The molecule has 0 bridgehead atoms. The largest absolute Gasteiger partial charge is 0.493 e. The van der Waals surface area contributed by atoms with Crippen molar-refractivity contribution in [2.45, 2.75) is 13.3 Å². The Morgan fingerprint density at radius 3 is 2.56 bits per heavy atom. The summed E-state index contributed by atoms with van der Waals surface area (Å²) < 4.78 is 17.1. The van der Waals surface area contributed by atoms with Gasteiger partial charge in [-0.2, -0.15) is 5.10 Å². The third-order valence-electron chi connectivity index (χ3n) is 5.77. The van der Waals surface area contributed by atoms with E-state index >= 15 is 0 Å². The molecule has 5 rings (SSSR count). The summed E-state index contributed by atoms with van der Waals surface area (Å²) in [5, 5.41) is 7.49. The normalized spacial score (nSPS) is 11.7. The lowest BCUT2D eigenvalue weighted by molar-refractivity contribution is 0.355. The Labute approximate surface area is 197 Å². The van der Waals surface area contributed by atoms with Crippen molar-refractivity contribution < 1.29 is 13.9 Å². The number of rotatable bonds is 6. The summed E-state index contributed by atoms with van der Waals surface area (Å²) in [7, 11) is 3.24. The summed E-state index contributed by atoms with van der Waals surface area (Å²) in [6, 6.07) is 25.8. The average molecular weight is 452 g/mol. The Kier molecular flexibility index (Phi) is 5.87. The molecule has 3 aromatic carbocycles. The SMILES string of the molecule is CCc1ccc2oc(-c3ccc(OC)c(OC)c3)cc(=NNc3ccc4ccccc4n3)c2c1. The van der Waals surface area contributed by atoms with Crippen molar-refractivity contribution in [3.63, 3.8) is 0 Å². The fourth-order valence-corrected chi connectivity index (χ4v) is 3.91. The maximum atomic E-state index is 6.27. The highest BCUT2D eigenvalue weighted by Crippen LogP contribution is 2.33. The molecule has 0 atom stereocenters. The molecular formula is C28H25N3O3. The molecule has 34 heavy (non-hydrogen) atoms. The third-order valence-corrected chi connectivity index (χ3v) is 5.77. The van der Waals surface area contributed by atoms with Crippen LogP contribution in [0.4, 0.5) is 5.82 Å². The molecule has 1 N–H and O–H groups in total. The first-order valence-electron chi connectivity index (χ1n) is 11.1. The molecule has 0 amide bonds. The van der Waals surface area contributed by atoms with Crippen LogP contribution < -0.4 is 20.3 Å². The fraction of sp³-hybridized carbons (Fsp3) is 0.143. The van der Waals surface area contributed by atoms with Crippen molar-refractivity contribution in [2.75, 3.05) is 19.6 Å². The van der Waals surface area contributed by atoms with Crippen LogP contribution in [0.25, 0.3) is 33.2 Å². The second-order valence-electron chi connectivity index (χ2n) is 7.86. The fourth-order valence-electron chi connectivity index (χ4n) is 3.91. The van der Waals surface area contributed by atoms with Crippen LogP contribution in [-0.4, -0.2) is 19.2 Å². The Morgan fingerprint density at radius 1 is 0.882 bits per heavy atom. The van der Waals surface area contributed by atoms with Gasteiger partial charge in [0.1, 0.15) is 17.2 Å². The van der Waals surface area contributed by atoms with E-state index in [1.54, 1.807) is 14.2 Å². The number of methoxy groups -OCH3 is 2. The third kappa shape index (κ3) is 4.18. The molecule has 0 radical (unpaired) electrons. The quantitative estimate of drug-likeness (QED) is 0.313. The van der Waals surface area contributed by atoms with Crippen molar-refractivity contribution in [1.29, 1.82) is 0 Å². The number of nitrogens with zero attached hydrogens (tertiary/aromatic N) is 2. The number of ether oxygens (including phenoxy) is 2. The maximum Gasteiger partial charge on any atom is 0.161 e. The van der Waals surface area contributed by atoms with Crippen LogP contribution in [0.2, 0.25) is 0 Å². The molecule has 5 aromatic rings. The average Bonchev–Trinajstić information content (AvgIpc) is 2.90. The van der Waals surface area contributed by atoms with Crippen LogP contribution in [0.1, 0.15) is 12.5 Å². The Bertz CT molecular complexity index is 1560. The van der Waals surface area contributed by atoms with Gasteiger partial charge >= 0.3 is 0 Å². The van der Waals surface area contributed by atoms with E-state index in [1.807, 2.05) is 66.7 Å². The van der Waals surface area contributed by atoms with Gasteiger partial charge in [0.05, 0.1) is 25.1 Å². The maximum absolute atomic E-state index is 6.27. The first-order valence-corrected chi connectivity index (χ1v) is 11.1. The van der Waals surface area contributed by atoms with Crippen LogP contribution in [0.15, 0.2) is 88.4 Å². The van der Waals surface area contributed by atoms with E-state index in [1.165, 1.54) is 5.56 Å². The number of nitrogens with one attached hydrogen (secondary N) is 1. The summed E-state index contributed by atoms with van der Waals surface area (Å²) in [4.78, 5) is 4.67. The molecular weight excluding hydrogens is 426 g/mol. The van der Waals surface area contributed by atoms with E-state index in [4.69, 9.17) is 19.0 Å². The van der Waals surface area contributed by atoms with Gasteiger partial charge in [-0.15, -0.1) is 0 Å². The zero-order valence-electron chi connectivity index (χ0n) is 19.3. The molecule has 6 nitrogen and oxygen atoms in total. The van der Waals surface area contributed by atoms with Crippen molar-refractivity contribution in [3.8, 4) is 22.8 Å². The zero-order chi connectivity index (χ0) is 23.5. The molecule has 0 aliphatic rings. The minimum atomic E-state index is 0.633. The summed E-state index contributed by atoms with van der Waals surface area (Å²) in [6.45, 7) is 2.13. The van der Waals surface area contributed by atoms with Gasteiger partial charge < -0.3 is 13.9 Å². The predicted octanol–water partition coefficient (Wildman–Crippen LogP) is 6.16.